The van der Waals surface area contributed by atoms with Crippen LogP contribution in [-0.4, -0.2) is 28.4 Å². The van der Waals surface area contributed by atoms with E-state index in [0.717, 1.165) is 3.57 Å². The molecule has 1 aliphatic rings. The third kappa shape index (κ3) is 2.17. The van der Waals surface area contributed by atoms with E-state index >= 15 is 0 Å². The zero-order chi connectivity index (χ0) is 12.8. The first-order valence-corrected chi connectivity index (χ1v) is 6.49. The highest BCUT2D eigenvalue weighted by Crippen LogP contribution is 2.38. The molecule has 1 fully saturated rings. The van der Waals surface area contributed by atoms with Crippen LogP contribution in [0.2, 0.25) is 0 Å². The maximum atomic E-state index is 13.8. The number of carbonyl (C=O) groups is 1. The van der Waals surface area contributed by atoms with Gasteiger partial charge in [0, 0.05) is 22.4 Å². The van der Waals surface area contributed by atoms with E-state index in [1.54, 1.807) is 18.1 Å². The Hall–Kier alpha value is -0.720. The smallest absolute Gasteiger partial charge is 0.232 e. The molecular weight excluding hydrogens is 334 g/mol. The number of nitrogens with zero attached hydrogens (tertiary/aromatic N) is 2. The number of hydrogen-bond acceptors (Lipinski definition) is 2. The van der Waals surface area contributed by atoms with Crippen molar-refractivity contribution in [3.8, 4) is 0 Å². The molecule has 1 amide bonds. The quantitative estimate of drug-likeness (QED) is 0.731. The van der Waals surface area contributed by atoms with Crippen molar-refractivity contribution in [3.63, 3.8) is 0 Å². The Morgan fingerprint density at radius 2 is 2.24 bits per heavy atom. The summed E-state index contributed by atoms with van der Waals surface area (Å²) in [5.74, 6) is -0.893. The standard InChI is InChI=1S/C12H14FIN2O/c1-12(2)5-8(11(17)16(12)3)10-9(13)4-7(14)6-15-10/h4,6,8H,5H2,1-3H3. The average molecular weight is 348 g/mol. The summed E-state index contributed by atoms with van der Waals surface area (Å²) in [6.07, 6.45) is 2.20. The zero-order valence-electron chi connectivity index (χ0n) is 10.00. The van der Waals surface area contributed by atoms with Crippen LogP contribution in [-0.2, 0) is 4.79 Å². The van der Waals surface area contributed by atoms with Crippen LogP contribution in [0.3, 0.4) is 0 Å². The van der Waals surface area contributed by atoms with Gasteiger partial charge in [-0.3, -0.25) is 9.78 Å². The van der Waals surface area contributed by atoms with Gasteiger partial charge in [-0.1, -0.05) is 0 Å². The molecular formula is C12H14FIN2O. The van der Waals surface area contributed by atoms with Gasteiger partial charge < -0.3 is 4.90 Å². The molecule has 0 aromatic carbocycles. The number of halogens is 2. The van der Waals surface area contributed by atoms with Gasteiger partial charge in [-0.15, -0.1) is 0 Å². The molecule has 2 rings (SSSR count). The summed E-state index contributed by atoms with van der Waals surface area (Å²) in [7, 11) is 1.76. The second-order valence-corrected chi connectivity index (χ2v) is 6.23. The van der Waals surface area contributed by atoms with Gasteiger partial charge in [-0.2, -0.15) is 0 Å². The van der Waals surface area contributed by atoms with Crippen molar-refractivity contribution in [1.82, 2.24) is 9.88 Å². The van der Waals surface area contributed by atoms with Gasteiger partial charge in [0.05, 0.1) is 11.6 Å². The first-order chi connectivity index (χ1) is 7.83. The molecule has 1 aromatic rings. The lowest BCUT2D eigenvalue weighted by atomic mass is 9.93. The molecule has 1 aromatic heterocycles. The van der Waals surface area contributed by atoms with Crippen LogP contribution >= 0.6 is 22.6 Å². The topological polar surface area (TPSA) is 33.2 Å². The zero-order valence-corrected chi connectivity index (χ0v) is 12.2. The monoisotopic (exact) mass is 348 g/mol. The first kappa shape index (κ1) is 12.7. The Morgan fingerprint density at radius 1 is 1.59 bits per heavy atom. The van der Waals surface area contributed by atoms with Gasteiger partial charge in [0.15, 0.2) is 0 Å². The Labute approximate surface area is 114 Å². The highest BCUT2D eigenvalue weighted by atomic mass is 127. The van der Waals surface area contributed by atoms with Crippen molar-refractivity contribution in [2.24, 2.45) is 0 Å². The maximum Gasteiger partial charge on any atom is 0.232 e. The Morgan fingerprint density at radius 3 is 2.71 bits per heavy atom. The summed E-state index contributed by atoms with van der Waals surface area (Å²) in [6, 6.07) is 1.42. The average Bonchev–Trinajstić information content (AvgIpc) is 2.42. The molecule has 0 spiro atoms. The summed E-state index contributed by atoms with van der Waals surface area (Å²) in [5, 5.41) is 0. The summed E-state index contributed by atoms with van der Waals surface area (Å²) in [6.45, 7) is 3.96. The molecule has 0 bridgehead atoms. The molecule has 1 unspecified atom stereocenters. The van der Waals surface area contributed by atoms with E-state index in [9.17, 15) is 9.18 Å². The summed E-state index contributed by atoms with van der Waals surface area (Å²) < 4.78 is 14.6. The SMILES string of the molecule is CN1C(=O)C(c2ncc(I)cc2F)CC1(C)C. The molecule has 1 atom stereocenters. The van der Waals surface area contributed by atoms with Gasteiger partial charge in [0.1, 0.15) is 5.82 Å². The van der Waals surface area contributed by atoms with Crippen LogP contribution in [0.1, 0.15) is 31.9 Å². The summed E-state index contributed by atoms with van der Waals surface area (Å²) >= 11 is 2.00. The fraction of sp³-hybridized carbons (Fsp3) is 0.500. The third-order valence-electron chi connectivity index (χ3n) is 3.41. The van der Waals surface area contributed by atoms with E-state index in [1.165, 1.54) is 6.07 Å². The Kier molecular flexibility index (Phi) is 3.14. The van der Waals surface area contributed by atoms with E-state index in [0.29, 0.717) is 6.42 Å². The number of hydrogen-bond donors (Lipinski definition) is 0. The minimum atomic E-state index is -0.452. The minimum absolute atomic E-state index is 0.0531. The fourth-order valence-electron chi connectivity index (χ4n) is 2.15. The van der Waals surface area contributed by atoms with E-state index in [1.807, 2.05) is 36.4 Å². The van der Waals surface area contributed by atoms with Gasteiger partial charge >= 0.3 is 0 Å². The van der Waals surface area contributed by atoms with E-state index < -0.39 is 5.92 Å². The lowest BCUT2D eigenvalue weighted by Gasteiger charge is -2.26. The molecule has 0 saturated carbocycles. The molecule has 92 valence electrons. The van der Waals surface area contributed by atoms with Crippen molar-refractivity contribution in [1.29, 1.82) is 0 Å². The highest BCUT2D eigenvalue weighted by molar-refractivity contribution is 14.1. The highest BCUT2D eigenvalue weighted by Gasteiger charge is 2.44. The number of likely N-dealkylation sites (tertiary alicyclic amines) is 1. The van der Waals surface area contributed by atoms with Crippen LogP contribution < -0.4 is 0 Å². The summed E-state index contributed by atoms with van der Waals surface area (Å²) in [5.41, 5.74) is 0.0339. The molecule has 0 radical (unpaired) electrons. The second-order valence-electron chi connectivity index (χ2n) is 4.99. The van der Waals surface area contributed by atoms with Gasteiger partial charge in [0.25, 0.3) is 0 Å². The predicted octanol–water partition coefficient (Wildman–Crippen LogP) is 2.55. The van der Waals surface area contributed by atoms with Crippen LogP contribution in [0.5, 0.6) is 0 Å². The van der Waals surface area contributed by atoms with Gasteiger partial charge in [0.2, 0.25) is 5.91 Å². The maximum absolute atomic E-state index is 13.8. The first-order valence-electron chi connectivity index (χ1n) is 5.41. The Bertz CT molecular complexity index is 476. The van der Waals surface area contributed by atoms with Crippen molar-refractivity contribution >= 4 is 28.5 Å². The van der Waals surface area contributed by atoms with Gasteiger partial charge in [-0.05, 0) is 48.9 Å². The number of pyridine rings is 1. The van der Waals surface area contributed by atoms with E-state index in [-0.39, 0.29) is 23.0 Å². The fourth-order valence-corrected chi connectivity index (χ4v) is 2.56. The molecule has 0 aliphatic carbocycles. The van der Waals surface area contributed by atoms with E-state index in [2.05, 4.69) is 4.98 Å². The lowest BCUT2D eigenvalue weighted by Crippen LogP contribution is -2.37. The normalized spacial score (nSPS) is 23.2. The largest absolute Gasteiger partial charge is 0.340 e. The number of carbonyl (C=O) groups excluding carboxylic acids is 1. The van der Waals surface area contributed by atoms with Crippen molar-refractivity contribution in [2.45, 2.75) is 31.7 Å². The number of rotatable bonds is 1. The lowest BCUT2D eigenvalue weighted by molar-refractivity contribution is -0.130. The number of aromatic nitrogens is 1. The molecule has 1 aliphatic heterocycles. The third-order valence-corrected chi connectivity index (χ3v) is 4.00. The predicted molar refractivity (Wildman–Crippen MR) is 71.1 cm³/mol. The molecule has 2 heterocycles. The van der Waals surface area contributed by atoms with Gasteiger partial charge in [-0.25, -0.2) is 4.39 Å². The van der Waals surface area contributed by atoms with Crippen LogP contribution in [0, 0.1) is 9.39 Å². The molecule has 3 nitrogen and oxygen atoms in total. The molecule has 17 heavy (non-hydrogen) atoms. The van der Waals surface area contributed by atoms with Crippen LogP contribution in [0.15, 0.2) is 12.3 Å². The molecule has 5 heteroatoms. The Balaban J connectivity index is 2.39. The van der Waals surface area contributed by atoms with Crippen LogP contribution in [0.25, 0.3) is 0 Å². The van der Waals surface area contributed by atoms with Crippen molar-refractivity contribution in [3.05, 3.63) is 27.3 Å². The summed E-state index contributed by atoms with van der Waals surface area (Å²) in [4.78, 5) is 17.8. The minimum Gasteiger partial charge on any atom is -0.340 e. The molecule has 0 N–H and O–H groups in total. The van der Waals surface area contributed by atoms with Crippen molar-refractivity contribution in [2.75, 3.05) is 7.05 Å². The second kappa shape index (κ2) is 4.19. The molecule has 1 saturated heterocycles. The van der Waals surface area contributed by atoms with Crippen molar-refractivity contribution < 1.29 is 9.18 Å². The van der Waals surface area contributed by atoms with Crippen LogP contribution in [0.4, 0.5) is 4.39 Å². The van der Waals surface area contributed by atoms with E-state index in [4.69, 9.17) is 0 Å². The number of amides is 1. The number of likely N-dealkylation sites (N-methyl/N-ethyl adjacent to an activating group) is 1.